The molecule has 4 aromatic heterocycles. The molecule has 1 aromatic carbocycles. The van der Waals surface area contributed by atoms with Gasteiger partial charge >= 0.3 is 0 Å². The Labute approximate surface area is 225 Å². The quantitative estimate of drug-likeness (QED) is 0.265. The standard InChI is InChI=1S/C26H22FIN8O/c27-19-8-15(7-17(9-19)18-11-33-36(13-18)21-6-5-20(28)12-29-21)10-30-26(37)23-22-25(32-14-31-23)35-24(34-22)16-3-1-2-4-16/h5-9,11-14,16H,1-4,10H2,(H,30,37)(H,31,32,34,35). The average Bonchev–Trinajstić information content (AvgIpc) is 3.67. The first-order valence-corrected chi connectivity index (χ1v) is 13.1. The molecule has 1 fully saturated rings. The first kappa shape index (κ1) is 23.6. The van der Waals surface area contributed by atoms with Crippen LogP contribution >= 0.6 is 22.6 Å². The van der Waals surface area contributed by atoms with Crippen molar-refractivity contribution in [3.8, 4) is 16.9 Å². The highest BCUT2D eigenvalue weighted by Crippen LogP contribution is 2.33. The number of nitrogens with one attached hydrogen (secondary N) is 2. The number of carbonyl (C=O) groups excluding carboxylic acids is 1. The number of carbonyl (C=O) groups is 1. The van der Waals surface area contributed by atoms with Gasteiger partial charge in [-0.3, -0.25) is 4.79 Å². The highest BCUT2D eigenvalue weighted by Gasteiger charge is 2.23. The van der Waals surface area contributed by atoms with E-state index in [-0.39, 0.29) is 18.1 Å². The average molecular weight is 608 g/mol. The molecule has 5 aromatic rings. The summed E-state index contributed by atoms with van der Waals surface area (Å²) in [6.07, 6.45) is 11.1. The van der Waals surface area contributed by atoms with Gasteiger partial charge in [0.15, 0.2) is 17.2 Å². The van der Waals surface area contributed by atoms with E-state index in [1.807, 2.05) is 18.2 Å². The SMILES string of the molecule is O=C(NCc1cc(F)cc(-c2cnn(-c3ccc(I)cn3)c2)c1)c1ncnc2nc(C3CCCC3)[nH]c12. The predicted molar refractivity (Wildman–Crippen MR) is 144 cm³/mol. The van der Waals surface area contributed by atoms with Gasteiger partial charge in [-0.05, 0) is 76.9 Å². The summed E-state index contributed by atoms with van der Waals surface area (Å²) in [7, 11) is 0. The number of H-pyrrole nitrogens is 1. The molecule has 0 bridgehead atoms. The van der Waals surface area contributed by atoms with E-state index in [9.17, 15) is 9.18 Å². The molecule has 0 saturated heterocycles. The van der Waals surface area contributed by atoms with Crippen molar-refractivity contribution >= 4 is 39.7 Å². The Bertz CT molecular complexity index is 1590. The fourth-order valence-electron chi connectivity index (χ4n) is 4.70. The lowest BCUT2D eigenvalue weighted by atomic mass is 10.1. The molecule has 1 saturated carbocycles. The Balaban J connectivity index is 1.20. The highest BCUT2D eigenvalue weighted by molar-refractivity contribution is 14.1. The van der Waals surface area contributed by atoms with Gasteiger partial charge in [-0.15, -0.1) is 0 Å². The van der Waals surface area contributed by atoms with Crippen LogP contribution in [0.25, 0.3) is 28.1 Å². The van der Waals surface area contributed by atoms with E-state index in [2.05, 4.69) is 57.9 Å². The number of hydrogen-bond donors (Lipinski definition) is 2. The summed E-state index contributed by atoms with van der Waals surface area (Å²) in [5, 5.41) is 7.21. The van der Waals surface area contributed by atoms with Crippen molar-refractivity contribution < 1.29 is 9.18 Å². The molecule has 0 aliphatic heterocycles. The number of aromatic nitrogens is 7. The number of amides is 1. The Kier molecular flexibility index (Phi) is 6.37. The minimum absolute atomic E-state index is 0.130. The van der Waals surface area contributed by atoms with Gasteiger partial charge in [-0.25, -0.2) is 29.0 Å². The van der Waals surface area contributed by atoms with Gasteiger partial charge in [0, 0.05) is 34.0 Å². The fourth-order valence-corrected chi connectivity index (χ4v) is 5.02. The number of pyridine rings is 1. The third-order valence-electron chi connectivity index (χ3n) is 6.54. The number of rotatable bonds is 6. The minimum Gasteiger partial charge on any atom is -0.347 e. The van der Waals surface area contributed by atoms with Crippen molar-refractivity contribution in [2.24, 2.45) is 0 Å². The molecule has 6 rings (SSSR count). The van der Waals surface area contributed by atoms with Crippen molar-refractivity contribution in [3.63, 3.8) is 0 Å². The minimum atomic E-state index is -0.402. The van der Waals surface area contributed by atoms with Gasteiger partial charge in [0.1, 0.15) is 23.5 Å². The number of fused-ring (bicyclic) bond motifs is 1. The van der Waals surface area contributed by atoms with Crippen LogP contribution in [-0.2, 0) is 6.54 Å². The molecule has 0 spiro atoms. The second kappa shape index (κ2) is 9.96. The molecular formula is C26H22FIN8O. The van der Waals surface area contributed by atoms with Gasteiger partial charge < -0.3 is 10.3 Å². The van der Waals surface area contributed by atoms with E-state index < -0.39 is 5.82 Å². The third-order valence-corrected chi connectivity index (χ3v) is 7.17. The molecule has 9 nitrogen and oxygen atoms in total. The normalized spacial score (nSPS) is 13.9. The zero-order valence-corrected chi connectivity index (χ0v) is 21.8. The Morgan fingerprint density at radius 2 is 1.97 bits per heavy atom. The monoisotopic (exact) mass is 608 g/mol. The highest BCUT2D eigenvalue weighted by atomic mass is 127. The number of benzene rings is 1. The lowest BCUT2D eigenvalue weighted by Gasteiger charge is -2.08. The van der Waals surface area contributed by atoms with Crippen molar-refractivity contribution in [2.45, 2.75) is 38.1 Å². The van der Waals surface area contributed by atoms with Crippen LogP contribution in [0.4, 0.5) is 4.39 Å². The lowest BCUT2D eigenvalue weighted by Crippen LogP contribution is -2.24. The fraction of sp³-hybridized carbons (Fsp3) is 0.231. The maximum atomic E-state index is 14.5. The maximum Gasteiger partial charge on any atom is 0.272 e. The summed E-state index contributed by atoms with van der Waals surface area (Å²) >= 11 is 2.19. The topological polar surface area (TPSA) is 114 Å². The van der Waals surface area contributed by atoms with Crippen molar-refractivity contribution in [3.05, 3.63) is 81.7 Å². The summed E-state index contributed by atoms with van der Waals surface area (Å²) in [6.45, 7) is 0.130. The van der Waals surface area contributed by atoms with Crippen molar-refractivity contribution in [2.75, 3.05) is 0 Å². The summed E-state index contributed by atoms with van der Waals surface area (Å²) in [4.78, 5) is 33.7. The first-order valence-electron chi connectivity index (χ1n) is 12.0. The van der Waals surface area contributed by atoms with Crippen LogP contribution in [0.1, 0.15) is 53.5 Å². The molecule has 11 heteroatoms. The van der Waals surface area contributed by atoms with Crippen molar-refractivity contribution in [1.29, 1.82) is 0 Å². The van der Waals surface area contributed by atoms with Crippen LogP contribution in [-0.4, -0.2) is 40.6 Å². The van der Waals surface area contributed by atoms with Gasteiger partial charge in [0.05, 0.1) is 6.20 Å². The van der Waals surface area contributed by atoms with E-state index in [1.165, 1.54) is 31.3 Å². The molecule has 37 heavy (non-hydrogen) atoms. The zero-order valence-electron chi connectivity index (χ0n) is 19.7. The Morgan fingerprint density at radius 3 is 2.78 bits per heavy atom. The van der Waals surface area contributed by atoms with Crippen LogP contribution in [0.15, 0.2) is 55.2 Å². The first-order chi connectivity index (χ1) is 18.0. The van der Waals surface area contributed by atoms with Gasteiger partial charge in [0.25, 0.3) is 5.91 Å². The molecule has 2 N–H and O–H groups in total. The number of halogens is 2. The van der Waals surface area contributed by atoms with Crippen LogP contribution in [0.3, 0.4) is 0 Å². The number of imidazole rings is 1. The Hall–Kier alpha value is -3.74. The van der Waals surface area contributed by atoms with Crippen LogP contribution in [0.2, 0.25) is 0 Å². The van der Waals surface area contributed by atoms with E-state index >= 15 is 0 Å². The summed E-state index contributed by atoms with van der Waals surface area (Å²) in [6, 6.07) is 8.48. The molecule has 4 heterocycles. The van der Waals surface area contributed by atoms with Crippen LogP contribution < -0.4 is 5.32 Å². The van der Waals surface area contributed by atoms with E-state index in [1.54, 1.807) is 23.3 Å². The Morgan fingerprint density at radius 1 is 1.11 bits per heavy atom. The molecular weight excluding hydrogens is 586 g/mol. The zero-order chi connectivity index (χ0) is 25.4. The smallest absolute Gasteiger partial charge is 0.272 e. The largest absolute Gasteiger partial charge is 0.347 e. The van der Waals surface area contributed by atoms with E-state index in [0.717, 1.165) is 27.8 Å². The number of hydrogen-bond acceptors (Lipinski definition) is 6. The summed E-state index contributed by atoms with van der Waals surface area (Å²) in [5.74, 6) is 1.11. The maximum absolute atomic E-state index is 14.5. The second-order valence-electron chi connectivity index (χ2n) is 9.06. The molecule has 186 valence electrons. The summed E-state index contributed by atoms with van der Waals surface area (Å²) < 4.78 is 17.2. The van der Waals surface area contributed by atoms with E-state index in [0.29, 0.717) is 34.0 Å². The molecule has 1 aliphatic carbocycles. The van der Waals surface area contributed by atoms with Gasteiger partial charge in [0.2, 0.25) is 0 Å². The predicted octanol–water partition coefficient (Wildman–Crippen LogP) is 4.93. The van der Waals surface area contributed by atoms with E-state index in [4.69, 9.17) is 0 Å². The lowest BCUT2D eigenvalue weighted by molar-refractivity contribution is 0.0947. The van der Waals surface area contributed by atoms with Crippen LogP contribution in [0.5, 0.6) is 0 Å². The third kappa shape index (κ3) is 4.95. The van der Waals surface area contributed by atoms with Crippen LogP contribution in [0, 0.1) is 9.39 Å². The molecule has 1 amide bonds. The van der Waals surface area contributed by atoms with Gasteiger partial charge in [-0.2, -0.15) is 5.10 Å². The number of aromatic amines is 1. The second-order valence-corrected chi connectivity index (χ2v) is 10.3. The molecule has 0 unspecified atom stereocenters. The molecule has 0 radical (unpaired) electrons. The number of nitrogens with zero attached hydrogens (tertiary/aromatic N) is 6. The molecule has 1 aliphatic rings. The molecule has 0 atom stereocenters. The van der Waals surface area contributed by atoms with Crippen molar-refractivity contribution in [1.82, 2.24) is 40.0 Å². The summed E-state index contributed by atoms with van der Waals surface area (Å²) in [5.41, 5.74) is 3.24. The van der Waals surface area contributed by atoms with Gasteiger partial charge in [-0.1, -0.05) is 12.8 Å².